The number of alkyl halides is 3. The summed E-state index contributed by atoms with van der Waals surface area (Å²) in [7, 11) is 0. The maximum absolute atomic E-state index is 13.4. The number of benzene rings is 2. The van der Waals surface area contributed by atoms with Crippen LogP contribution in [0.3, 0.4) is 0 Å². The Morgan fingerprint density at radius 1 is 0.915 bits per heavy atom. The van der Waals surface area contributed by atoms with Gasteiger partial charge in [-0.05, 0) is 18.4 Å². The summed E-state index contributed by atoms with van der Waals surface area (Å²) in [5.74, 6) is -4.53. The molecule has 0 bridgehead atoms. The smallest absolute Gasteiger partial charge is 0.439 e. The van der Waals surface area contributed by atoms with Crippen molar-refractivity contribution in [2.24, 2.45) is 11.0 Å². The van der Waals surface area contributed by atoms with E-state index in [-0.39, 0.29) is 12.3 Å². The summed E-state index contributed by atoms with van der Waals surface area (Å²) in [6.45, 7) is 3.65. The van der Waals surface area contributed by atoms with Gasteiger partial charge >= 0.3 is 24.5 Å². The number of allylic oxidation sites excluding steroid dienone is 1. The van der Waals surface area contributed by atoms with Gasteiger partial charge in [-0.1, -0.05) is 67.1 Å². The van der Waals surface area contributed by atoms with Crippen molar-refractivity contribution in [3.8, 4) is 0 Å². The fourth-order valence-corrected chi connectivity index (χ4v) is 4.25. The Kier molecular flexibility index (Phi) is 12.7. The predicted octanol–water partition coefficient (Wildman–Crippen LogP) is 3.57. The summed E-state index contributed by atoms with van der Waals surface area (Å²) >= 11 is 0. The second-order valence-corrected chi connectivity index (χ2v) is 10.8. The molecule has 0 saturated carbocycles. The number of carboxylic acids is 1. The molecule has 0 saturated heterocycles. The number of carboxylic acid groups (broad SMARTS) is 1. The molecule has 1 heterocycles. The van der Waals surface area contributed by atoms with E-state index in [1.165, 1.54) is 19.1 Å². The molecule has 2 aromatic carbocycles. The van der Waals surface area contributed by atoms with E-state index in [2.05, 4.69) is 21.1 Å². The lowest BCUT2D eigenvalue weighted by Gasteiger charge is -2.24. The maximum Gasteiger partial charge on any atom is 0.439 e. The van der Waals surface area contributed by atoms with Crippen LogP contribution < -0.4 is 16.0 Å². The Hall–Kier alpha value is -5.12. The van der Waals surface area contributed by atoms with Crippen molar-refractivity contribution in [2.45, 2.75) is 64.3 Å². The maximum atomic E-state index is 13.4. The molecular weight excluding hydrogens is 627 g/mol. The normalized spacial score (nSPS) is 16.3. The van der Waals surface area contributed by atoms with Crippen molar-refractivity contribution in [3.63, 3.8) is 0 Å². The van der Waals surface area contributed by atoms with Gasteiger partial charge in [-0.2, -0.15) is 13.2 Å². The lowest BCUT2D eigenvalue weighted by molar-refractivity contribution is -0.578. The average Bonchev–Trinajstić information content (AvgIpc) is 3.46. The number of carbonyl (C=O) groups is 5. The van der Waals surface area contributed by atoms with Gasteiger partial charge in [-0.25, -0.2) is 4.79 Å². The van der Waals surface area contributed by atoms with Crippen LogP contribution in [0, 0.1) is 5.92 Å². The van der Waals surface area contributed by atoms with Crippen LogP contribution in [0.15, 0.2) is 77.6 Å². The highest BCUT2D eigenvalue weighted by Crippen LogP contribution is 2.33. The van der Waals surface area contributed by atoms with E-state index in [0.717, 1.165) is 10.3 Å². The Labute approximate surface area is 267 Å². The third kappa shape index (κ3) is 11.0. The molecule has 13 nitrogen and oxygen atoms in total. The Balaban J connectivity index is 1.61. The Morgan fingerprint density at radius 2 is 1.53 bits per heavy atom. The number of azo groups is 2. The summed E-state index contributed by atoms with van der Waals surface area (Å²) in [6, 6.07) is 12.5. The quantitative estimate of drug-likeness (QED) is 0.209. The van der Waals surface area contributed by atoms with Crippen molar-refractivity contribution in [3.05, 3.63) is 78.0 Å². The molecule has 4 N–H and O–H groups in total. The van der Waals surface area contributed by atoms with E-state index in [4.69, 9.17) is 9.47 Å². The fraction of sp³-hybridized carbons (Fsp3) is 0.387. The van der Waals surface area contributed by atoms with Crippen molar-refractivity contribution in [2.75, 3.05) is 6.61 Å². The lowest BCUT2D eigenvalue weighted by Crippen LogP contribution is -2.56. The zero-order valence-corrected chi connectivity index (χ0v) is 25.7. The number of para-hydroxylation sites is 1. The summed E-state index contributed by atoms with van der Waals surface area (Å²) in [6.07, 6.45) is -7.34. The zero-order chi connectivity index (χ0) is 34.7. The molecule has 0 aromatic heterocycles. The van der Waals surface area contributed by atoms with Crippen LogP contribution in [-0.4, -0.2) is 76.6 Å². The number of aliphatic carboxylic acids is 1. The number of ether oxygens (including phenoxy) is 2. The second-order valence-electron chi connectivity index (χ2n) is 10.8. The van der Waals surface area contributed by atoms with Gasteiger partial charge in [-0.15, -0.1) is 0 Å². The number of nitrogens with zero attached hydrogens (tertiary/aromatic N) is 2. The molecular formula is C31H35F3N5O8+. The van der Waals surface area contributed by atoms with E-state index >= 15 is 0 Å². The third-order valence-corrected chi connectivity index (χ3v) is 6.74. The highest BCUT2D eigenvalue weighted by Gasteiger charge is 2.45. The first kappa shape index (κ1) is 36.3. The van der Waals surface area contributed by atoms with Crippen LogP contribution in [-0.2, 0) is 35.3 Å². The van der Waals surface area contributed by atoms with E-state index < -0.39 is 84.8 Å². The van der Waals surface area contributed by atoms with E-state index in [1.807, 2.05) is 0 Å². The third-order valence-electron chi connectivity index (χ3n) is 6.74. The number of hydrogen-bond acceptors (Lipinski definition) is 8. The first-order valence-electron chi connectivity index (χ1n) is 14.4. The van der Waals surface area contributed by atoms with Gasteiger partial charge < -0.3 is 30.5 Å². The molecule has 1 aliphatic rings. The molecule has 252 valence electrons. The number of carbonyl (C=O) groups excluding carboxylic acids is 4. The molecule has 2 aromatic rings. The van der Waals surface area contributed by atoms with Crippen molar-refractivity contribution < 1.29 is 56.4 Å². The topological polar surface area (TPSA) is 175 Å². The first-order chi connectivity index (χ1) is 22.1. The Bertz CT molecular complexity index is 1500. The lowest BCUT2D eigenvalue weighted by atomic mass is 10.0. The summed E-state index contributed by atoms with van der Waals surface area (Å²) in [5, 5.41) is 20.0. The van der Waals surface area contributed by atoms with Crippen molar-refractivity contribution in [1.29, 1.82) is 0 Å². The van der Waals surface area contributed by atoms with Crippen LogP contribution >= 0.6 is 0 Å². The molecule has 47 heavy (non-hydrogen) atoms. The fourth-order valence-electron chi connectivity index (χ4n) is 4.25. The highest BCUT2D eigenvalue weighted by atomic mass is 19.4. The van der Waals surface area contributed by atoms with Gasteiger partial charge in [-0.3, -0.25) is 19.2 Å². The minimum atomic E-state index is -4.80. The molecule has 1 aliphatic heterocycles. The molecule has 4 atom stereocenters. The molecule has 0 spiro atoms. The summed E-state index contributed by atoms with van der Waals surface area (Å²) < 4.78 is 51.6. The number of halogens is 3. The molecule has 0 fully saturated rings. The predicted molar refractivity (Wildman–Crippen MR) is 158 cm³/mol. The number of Topliss-reactive ketones (excluding diaryl/α,β-unsaturated/α-hetero) is 1. The van der Waals surface area contributed by atoms with Crippen LogP contribution in [0.4, 0.5) is 23.7 Å². The van der Waals surface area contributed by atoms with E-state index in [1.54, 1.807) is 62.4 Å². The average molecular weight is 663 g/mol. The zero-order valence-electron chi connectivity index (χ0n) is 25.7. The number of nitrogens with one attached hydrogen (secondary N) is 3. The number of amides is 3. The summed E-state index contributed by atoms with van der Waals surface area (Å²) in [5.41, 5.74) is -0.292. The standard InChI is InChI=1S/C31H34F3N5O8/c1-18(2)27(37-30(45)47-16-20-10-6-4-7-11-20)29(44)35-19(3)28(43)36-22(14-26(41)42)23(40)17-46-25-15-24(31(32,33)34)38-39(25)21-12-8-5-9-13-21/h4-13,15,18-19,22,25,27H,14,16-17H2,1-3H3,(H3-,35,36,37,41,42,43,44,45)/p+1/t19-,22+,25?,27-/m0/s1. The van der Waals surface area contributed by atoms with E-state index in [9.17, 15) is 42.3 Å². The van der Waals surface area contributed by atoms with Gasteiger partial charge in [0, 0.05) is 17.2 Å². The van der Waals surface area contributed by atoms with Crippen molar-refractivity contribution >= 4 is 35.3 Å². The van der Waals surface area contributed by atoms with Crippen LogP contribution in [0.25, 0.3) is 0 Å². The first-order valence-corrected chi connectivity index (χ1v) is 14.4. The molecule has 0 aliphatic carbocycles. The highest BCUT2D eigenvalue weighted by molar-refractivity contribution is 5.95. The van der Waals surface area contributed by atoms with Crippen molar-refractivity contribution in [1.82, 2.24) is 16.0 Å². The van der Waals surface area contributed by atoms with Gasteiger partial charge in [0.25, 0.3) is 0 Å². The molecule has 1 unspecified atom stereocenters. The largest absolute Gasteiger partial charge is 0.481 e. The molecule has 0 radical (unpaired) electrons. The number of rotatable bonds is 15. The molecule has 16 heteroatoms. The minimum absolute atomic E-state index is 0.0415. The van der Waals surface area contributed by atoms with Gasteiger partial charge in [0.2, 0.25) is 23.2 Å². The monoisotopic (exact) mass is 662 g/mol. The SMILES string of the molecule is CC(C)[C@H](NC(=O)OCc1ccccc1)C(=O)N[C@@H](C)C(=O)N[C@H](CC(=O)O)C(=O)COC1C=C(C(F)(F)F)N=[N+]1c1ccccc1. The number of hydrogen-bond donors (Lipinski definition) is 4. The molecule has 3 rings (SSSR count). The number of alkyl carbamates (subject to hydrolysis) is 1. The minimum Gasteiger partial charge on any atom is -0.481 e. The van der Waals surface area contributed by atoms with Gasteiger partial charge in [0.15, 0.2) is 5.78 Å². The Morgan fingerprint density at radius 3 is 2.11 bits per heavy atom. The van der Waals surface area contributed by atoms with Crippen LogP contribution in [0.5, 0.6) is 0 Å². The second kappa shape index (κ2) is 16.4. The number of ketones is 1. The summed E-state index contributed by atoms with van der Waals surface area (Å²) in [4.78, 5) is 62.7. The van der Waals surface area contributed by atoms with E-state index in [0.29, 0.717) is 6.08 Å². The molecule has 3 amide bonds. The van der Waals surface area contributed by atoms with Gasteiger partial charge in [0.1, 0.15) is 31.3 Å². The van der Waals surface area contributed by atoms with Crippen LogP contribution in [0.2, 0.25) is 0 Å². The van der Waals surface area contributed by atoms with Gasteiger partial charge in [0.05, 0.1) is 12.5 Å². The van der Waals surface area contributed by atoms with Crippen LogP contribution in [0.1, 0.15) is 32.8 Å².